The van der Waals surface area contributed by atoms with Gasteiger partial charge >= 0.3 is 5.97 Å². The van der Waals surface area contributed by atoms with Crippen molar-refractivity contribution in [3.8, 4) is 0 Å². The number of thioether (sulfide) groups is 1. The lowest BCUT2D eigenvalue weighted by Gasteiger charge is -2.29. The SMILES string of the molecule is O=C(O)C1CCC(SCC(=O)N2CCCCC2)CC1. The third-order valence-electron chi connectivity index (χ3n) is 4.17. The lowest BCUT2D eigenvalue weighted by molar-refractivity contribution is -0.142. The molecule has 1 N–H and O–H groups in total. The summed E-state index contributed by atoms with van der Waals surface area (Å²) in [4.78, 5) is 24.9. The van der Waals surface area contributed by atoms with Crippen LogP contribution in [0.15, 0.2) is 0 Å². The van der Waals surface area contributed by atoms with Gasteiger partial charge in [0, 0.05) is 18.3 Å². The van der Waals surface area contributed by atoms with Crippen molar-refractivity contribution < 1.29 is 14.7 Å². The van der Waals surface area contributed by atoms with Gasteiger partial charge in [-0.3, -0.25) is 9.59 Å². The highest BCUT2D eigenvalue weighted by Gasteiger charge is 2.27. The van der Waals surface area contributed by atoms with E-state index < -0.39 is 5.97 Å². The maximum atomic E-state index is 12.0. The van der Waals surface area contributed by atoms with E-state index in [9.17, 15) is 9.59 Å². The van der Waals surface area contributed by atoms with E-state index in [1.54, 1.807) is 11.8 Å². The van der Waals surface area contributed by atoms with Crippen LogP contribution in [0.3, 0.4) is 0 Å². The van der Waals surface area contributed by atoms with E-state index >= 15 is 0 Å². The maximum Gasteiger partial charge on any atom is 0.306 e. The van der Waals surface area contributed by atoms with E-state index in [-0.39, 0.29) is 11.8 Å². The fraction of sp³-hybridized carbons (Fsp3) is 0.857. The van der Waals surface area contributed by atoms with Crippen molar-refractivity contribution >= 4 is 23.6 Å². The number of carboxylic acid groups (broad SMARTS) is 1. The third kappa shape index (κ3) is 4.41. The van der Waals surface area contributed by atoms with Gasteiger partial charge in [-0.15, -0.1) is 11.8 Å². The Labute approximate surface area is 118 Å². The molecule has 5 heteroatoms. The van der Waals surface area contributed by atoms with Crippen molar-refractivity contribution in [2.75, 3.05) is 18.8 Å². The van der Waals surface area contributed by atoms with Crippen molar-refractivity contribution in [1.29, 1.82) is 0 Å². The number of amides is 1. The fourth-order valence-electron chi connectivity index (χ4n) is 2.90. The highest BCUT2D eigenvalue weighted by Crippen LogP contribution is 2.32. The average Bonchev–Trinajstić information content (AvgIpc) is 2.46. The molecule has 0 radical (unpaired) electrons. The van der Waals surface area contributed by atoms with Gasteiger partial charge in [-0.2, -0.15) is 0 Å². The maximum absolute atomic E-state index is 12.0. The van der Waals surface area contributed by atoms with E-state index in [4.69, 9.17) is 5.11 Å². The Morgan fingerprint density at radius 3 is 2.26 bits per heavy atom. The summed E-state index contributed by atoms with van der Waals surface area (Å²) < 4.78 is 0. The summed E-state index contributed by atoms with van der Waals surface area (Å²) in [5, 5.41) is 9.42. The van der Waals surface area contributed by atoms with Gasteiger partial charge in [0.25, 0.3) is 0 Å². The van der Waals surface area contributed by atoms with Gasteiger partial charge in [0.2, 0.25) is 5.91 Å². The minimum atomic E-state index is -0.659. The van der Waals surface area contributed by atoms with Crippen molar-refractivity contribution in [2.45, 2.75) is 50.2 Å². The number of rotatable bonds is 4. The van der Waals surface area contributed by atoms with Crippen LogP contribution in [0.1, 0.15) is 44.9 Å². The molecule has 0 aromatic carbocycles. The summed E-state index contributed by atoms with van der Waals surface area (Å²) in [5.41, 5.74) is 0. The van der Waals surface area contributed by atoms with Crippen LogP contribution in [0.2, 0.25) is 0 Å². The van der Waals surface area contributed by atoms with Gasteiger partial charge in [0.05, 0.1) is 11.7 Å². The molecule has 1 aliphatic carbocycles. The van der Waals surface area contributed by atoms with Crippen LogP contribution in [0.5, 0.6) is 0 Å². The van der Waals surface area contributed by atoms with Crippen LogP contribution in [-0.2, 0) is 9.59 Å². The van der Waals surface area contributed by atoms with E-state index in [1.807, 2.05) is 4.90 Å². The van der Waals surface area contributed by atoms with Crippen LogP contribution in [0, 0.1) is 5.92 Å². The zero-order chi connectivity index (χ0) is 13.7. The summed E-state index contributed by atoms with van der Waals surface area (Å²) in [6.45, 7) is 1.84. The summed E-state index contributed by atoms with van der Waals surface area (Å²) in [6, 6.07) is 0. The zero-order valence-corrected chi connectivity index (χ0v) is 12.2. The van der Waals surface area contributed by atoms with Gasteiger partial charge in [-0.1, -0.05) is 0 Å². The standard InChI is InChI=1S/C14H23NO3S/c16-13(15-8-2-1-3-9-15)10-19-12-6-4-11(5-7-12)14(17)18/h11-12H,1-10H2,(H,17,18). The lowest BCUT2D eigenvalue weighted by Crippen LogP contribution is -2.37. The smallest absolute Gasteiger partial charge is 0.306 e. The molecule has 0 spiro atoms. The van der Waals surface area contributed by atoms with Crippen LogP contribution in [-0.4, -0.2) is 46.0 Å². The molecular weight excluding hydrogens is 262 g/mol. The molecule has 2 rings (SSSR count). The normalized spacial score (nSPS) is 28.1. The van der Waals surface area contributed by atoms with Crippen LogP contribution < -0.4 is 0 Å². The van der Waals surface area contributed by atoms with E-state index in [1.165, 1.54) is 6.42 Å². The van der Waals surface area contributed by atoms with Crippen LogP contribution in [0.4, 0.5) is 0 Å². The first-order chi connectivity index (χ1) is 9.16. The summed E-state index contributed by atoms with van der Waals surface area (Å²) in [7, 11) is 0. The molecule has 2 fully saturated rings. The number of nitrogens with zero attached hydrogens (tertiary/aromatic N) is 1. The predicted octanol–water partition coefficient (Wildman–Crippen LogP) is 2.38. The number of carboxylic acids is 1. The molecule has 0 unspecified atom stereocenters. The van der Waals surface area contributed by atoms with Crippen molar-refractivity contribution in [3.05, 3.63) is 0 Å². The van der Waals surface area contributed by atoms with Gasteiger partial charge in [-0.05, 0) is 44.9 Å². The van der Waals surface area contributed by atoms with E-state index in [2.05, 4.69) is 0 Å². The lowest BCUT2D eigenvalue weighted by atomic mass is 9.89. The minimum absolute atomic E-state index is 0.158. The average molecular weight is 285 g/mol. The Kier molecular flexibility index (Phi) is 5.55. The first kappa shape index (κ1) is 14.7. The van der Waals surface area contributed by atoms with Crippen LogP contribution in [0.25, 0.3) is 0 Å². The topological polar surface area (TPSA) is 57.6 Å². The third-order valence-corrected chi connectivity index (χ3v) is 5.53. The molecule has 2 aliphatic rings. The molecule has 19 heavy (non-hydrogen) atoms. The number of piperidine rings is 1. The monoisotopic (exact) mass is 285 g/mol. The van der Waals surface area contributed by atoms with Gasteiger partial charge in [0.1, 0.15) is 0 Å². The second-order valence-electron chi connectivity index (χ2n) is 5.56. The van der Waals surface area contributed by atoms with Crippen molar-refractivity contribution in [2.24, 2.45) is 5.92 Å². The van der Waals surface area contributed by atoms with Crippen molar-refractivity contribution in [3.63, 3.8) is 0 Å². The Balaban J connectivity index is 1.66. The molecule has 0 bridgehead atoms. The Bertz CT molecular complexity index is 321. The van der Waals surface area contributed by atoms with Gasteiger partial charge in [0.15, 0.2) is 0 Å². The molecule has 1 saturated carbocycles. The largest absolute Gasteiger partial charge is 0.481 e. The fourth-order valence-corrected chi connectivity index (χ4v) is 4.07. The molecule has 0 atom stereocenters. The van der Waals surface area contributed by atoms with E-state index in [0.717, 1.165) is 51.6 Å². The van der Waals surface area contributed by atoms with Gasteiger partial charge in [-0.25, -0.2) is 0 Å². The minimum Gasteiger partial charge on any atom is -0.481 e. The summed E-state index contributed by atoms with van der Waals surface area (Å²) >= 11 is 1.73. The number of aliphatic carboxylic acids is 1. The molecule has 4 nitrogen and oxygen atoms in total. The van der Waals surface area contributed by atoms with E-state index in [0.29, 0.717) is 11.0 Å². The Hall–Kier alpha value is -0.710. The highest BCUT2D eigenvalue weighted by atomic mass is 32.2. The molecule has 0 aromatic rings. The molecule has 1 amide bonds. The number of hydrogen-bond acceptors (Lipinski definition) is 3. The molecule has 1 heterocycles. The number of likely N-dealkylation sites (tertiary alicyclic amines) is 1. The molecular formula is C14H23NO3S. The molecule has 1 aliphatic heterocycles. The Morgan fingerprint density at radius 1 is 1.05 bits per heavy atom. The Morgan fingerprint density at radius 2 is 1.68 bits per heavy atom. The number of carbonyl (C=O) groups excluding carboxylic acids is 1. The second-order valence-corrected chi connectivity index (χ2v) is 6.85. The highest BCUT2D eigenvalue weighted by molar-refractivity contribution is 8.00. The van der Waals surface area contributed by atoms with Crippen LogP contribution >= 0.6 is 11.8 Å². The van der Waals surface area contributed by atoms with Crippen molar-refractivity contribution in [1.82, 2.24) is 4.90 Å². The number of hydrogen-bond donors (Lipinski definition) is 1. The molecule has 0 aromatic heterocycles. The molecule has 108 valence electrons. The number of carbonyl (C=O) groups is 2. The predicted molar refractivity (Wildman–Crippen MR) is 76.3 cm³/mol. The zero-order valence-electron chi connectivity index (χ0n) is 11.3. The summed E-state index contributed by atoms with van der Waals surface area (Å²) in [5.74, 6) is 0.0233. The molecule has 1 saturated heterocycles. The van der Waals surface area contributed by atoms with Gasteiger partial charge < -0.3 is 10.0 Å². The second kappa shape index (κ2) is 7.17. The quantitative estimate of drug-likeness (QED) is 0.861. The first-order valence-electron chi connectivity index (χ1n) is 7.29. The summed E-state index contributed by atoms with van der Waals surface area (Å²) in [6.07, 6.45) is 6.94. The first-order valence-corrected chi connectivity index (χ1v) is 8.34.